The Labute approximate surface area is 235 Å². The van der Waals surface area contributed by atoms with Crippen molar-refractivity contribution in [3.05, 3.63) is 71.9 Å². The Morgan fingerprint density at radius 1 is 1.07 bits per heavy atom. The maximum absolute atomic E-state index is 14.0. The first-order valence-electron chi connectivity index (χ1n) is 12.3. The number of aromatic nitrogens is 1. The summed E-state index contributed by atoms with van der Waals surface area (Å²) in [7, 11) is -0.312. The molecule has 1 aromatic heterocycles. The number of carbonyl (C=O) groups excluding carboxylic acids is 2. The number of hydrogen-bond acceptors (Lipinski definition) is 9. The standard InChI is InChI=1S/C26H31F2N4O8P/c1-32(25(34)30-14-19-9-6-10-22(27)24(19)28)20(12-21(33)16-40-41(36,37-2)38-3)15-39-26(35)31-23-11-17-7-4-5-8-18(17)13-29-23/h4-11,13,20-21,33H,12,14-16H2,1-3H3,(H,30,34)(H,29,31,35)/t20-,21+/m0/s1. The molecule has 0 aliphatic carbocycles. The molecule has 2 atom stereocenters. The van der Waals surface area contributed by atoms with Crippen molar-refractivity contribution in [2.24, 2.45) is 0 Å². The van der Waals surface area contributed by atoms with E-state index in [1.54, 1.807) is 12.3 Å². The Morgan fingerprint density at radius 2 is 1.78 bits per heavy atom. The second-order valence-electron chi connectivity index (χ2n) is 8.77. The van der Waals surface area contributed by atoms with Crippen LogP contribution in [-0.4, -0.2) is 73.7 Å². The fourth-order valence-corrected chi connectivity index (χ4v) is 4.40. The first kappa shape index (κ1) is 31.8. The third-order valence-electron chi connectivity index (χ3n) is 6.01. The van der Waals surface area contributed by atoms with E-state index in [2.05, 4.69) is 24.7 Å². The maximum Gasteiger partial charge on any atom is 0.474 e. The summed E-state index contributed by atoms with van der Waals surface area (Å²) in [6.07, 6.45) is -0.791. The number of anilines is 1. The van der Waals surface area contributed by atoms with E-state index in [4.69, 9.17) is 9.26 Å². The summed E-state index contributed by atoms with van der Waals surface area (Å²) in [6, 6.07) is 11.0. The van der Waals surface area contributed by atoms with Crippen LogP contribution in [0.25, 0.3) is 10.8 Å². The fourth-order valence-electron chi connectivity index (χ4n) is 3.69. The van der Waals surface area contributed by atoms with Gasteiger partial charge < -0.3 is 20.1 Å². The van der Waals surface area contributed by atoms with E-state index in [0.717, 1.165) is 36.0 Å². The predicted molar refractivity (Wildman–Crippen MR) is 145 cm³/mol. The summed E-state index contributed by atoms with van der Waals surface area (Å²) in [4.78, 5) is 30.6. The molecule has 0 unspecified atom stereocenters. The van der Waals surface area contributed by atoms with Gasteiger partial charge in [-0.1, -0.05) is 36.4 Å². The second kappa shape index (κ2) is 14.8. The molecular formula is C26H31F2N4O8P. The number of phosphoric acid groups is 1. The summed E-state index contributed by atoms with van der Waals surface area (Å²) >= 11 is 0. The lowest BCUT2D eigenvalue weighted by Gasteiger charge is -2.30. The molecule has 0 saturated carbocycles. The van der Waals surface area contributed by atoms with Crippen LogP contribution in [0.3, 0.4) is 0 Å². The van der Waals surface area contributed by atoms with Crippen molar-refractivity contribution in [1.29, 1.82) is 0 Å². The lowest BCUT2D eigenvalue weighted by molar-refractivity contribution is 0.0403. The lowest BCUT2D eigenvalue weighted by Crippen LogP contribution is -2.47. The molecule has 0 aliphatic heterocycles. The highest BCUT2D eigenvalue weighted by molar-refractivity contribution is 7.48. The lowest BCUT2D eigenvalue weighted by atomic mass is 10.1. The molecule has 3 amide bonds. The highest BCUT2D eigenvalue weighted by Gasteiger charge is 2.28. The minimum atomic E-state index is -3.88. The maximum atomic E-state index is 14.0. The Bertz CT molecular complexity index is 1390. The average Bonchev–Trinajstić information content (AvgIpc) is 2.98. The van der Waals surface area contributed by atoms with E-state index in [9.17, 15) is 28.0 Å². The molecule has 0 bridgehead atoms. The number of urea groups is 1. The summed E-state index contributed by atoms with van der Waals surface area (Å²) in [6.45, 7) is -1.21. The van der Waals surface area contributed by atoms with Gasteiger partial charge in [0.05, 0.1) is 18.8 Å². The van der Waals surface area contributed by atoms with Gasteiger partial charge in [0.15, 0.2) is 11.6 Å². The second-order valence-corrected chi connectivity index (χ2v) is 10.7. The number of benzene rings is 2. The topological polar surface area (TPSA) is 149 Å². The normalized spacial score (nSPS) is 12.9. The molecule has 3 N–H and O–H groups in total. The number of aliphatic hydroxyl groups excluding tert-OH is 1. The van der Waals surface area contributed by atoms with E-state index in [0.29, 0.717) is 0 Å². The fraction of sp³-hybridized carbons (Fsp3) is 0.346. The van der Waals surface area contributed by atoms with Gasteiger partial charge >= 0.3 is 19.9 Å². The Hall–Kier alpha value is -3.68. The van der Waals surface area contributed by atoms with Crippen LogP contribution in [0.4, 0.5) is 24.2 Å². The number of halogens is 2. The van der Waals surface area contributed by atoms with Crippen molar-refractivity contribution in [3.63, 3.8) is 0 Å². The Balaban J connectivity index is 1.65. The molecule has 2 aromatic carbocycles. The van der Waals surface area contributed by atoms with Crippen LogP contribution in [0.1, 0.15) is 12.0 Å². The van der Waals surface area contributed by atoms with Gasteiger partial charge in [-0.25, -0.2) is 27.9 Å². The van der Waals surface area contributed by atoms with Crippen molar-refractivity contribution in [3.8, 4) is 0 Å². The molecule has 0 saturated heterocycles. The number of nitrogens with zero attached hydrogens (tertiary/aromatic N) is 2. The minimum absolute atomic E-state index is 0.0786. The van der Waals surface area contributed by atoms with E-state index < -0.39 is 50.3 Å². The molecule has 1 heterocycles. The molecule has 12 nitrogen and oxygen atoms in total. The summed E-state index contributed by atoms with van der Waals surface area (Å²) in [5, 5.41) is 17.2. The number of ether oxygens (including phenoxy) is 1. The van der Waals surface area contributed by atoms with Gasteiger partial charge in [-0.2, -0.15) is 0 Å². The molecule has 0 fully saturated rings. The minimum Gasteiger partial charge on any atom is -0.447 e. The van der Waals surface area contributed by atoms with Crippen molar-refractivity contribution in [1.82, 2.24) is 15.2 Å². The first-order chi connectivity index (χ1) is 19.5. The van der Waals surface area contributed by atoms with Crippen LogP contribution in [0.15, 0.2) is 54.7 Å². The molecule has 41 heavy (non-hydrogen) atoms. The van der Waals surface area contributed by atoms with Crippen LogP contribution in [0.5, 0.6) is 0 Å². The monoisotopic (exact) mass is 596 g/mol. The first-order valence-corrected chi connectivity index (χ1v) is 13.8. The highest BCUT2D eigenvalue weighted by Crippen LogP contribution is 2.47. The SMILES string of the molecule is COP(=O)(OC)OC[C@H](O)C[C@@H](COC(=O)Nc1cc2ccccc2cn1)N(C)C(=O)NCc1cccc(F)c1F. The number of likely N-dealkylation sites (N-methyl/N-ethyl adjacent to an activating group) is 1. The van der Waals surface area contributed by atoms with Gasteiger partial charge in [-0.3, -0.25) is 18.9 Å². The number of pyridine rings is 1. The van der Waals surface area contributed by atoms with E-state index in [1.165, 1.54) is 19.2 Å². The van der Waals surface area contributed by atoms with Crippen molar-refractivity contribution >= 4 is 36.5 Å². The van der Waals surface area contributed by atoms with Crippen LogP contribution in [-0.2, 0) is 29.4 Å². The number of carbonyl (C=O) groups is 2. The number of amides is 3. The van der Waals surface area contributed by atoms with Gasteiger partial charge in [0.1, 0.15) is 12.4 Å². The molecule has 3 aromatic rings. The zero-order chi connectivity index (χ0) is 30.0. The van der Waals surface area contributed by atoms with Gasteiger partial charge in [0.25, 0.3) is 0 Å². The molecular weight excluding hydrogens is 565 g/mol. The van der Waals surface area contributed by atoms with Crippen LogP contribution in [0.2, 0.25) is 0 Å². The number of aliphatic hydroxyl groups is 1. The van der Waals surface area contributed by atoms with Crippen molar-refractivity contribution in [2.45, 2.75) is 25.1 Å². The number of rotatable bonds is 13. The quantitative estimate of drug-likeness (QED) is 0.244. The van der Waals surface area contributed by atoms with Gasteiger partial charge in [0, 0.05) is 45.0 Å². The summed E-state index contributed by atoms with van der Waals surface area (Å²) < 4.78 is 59.3. The molecule has 3 rings (SSSR count). The predicted octanol–water partition coefficient (Wildman–Crippen LogP) is 4.44. The highest BCUT2D eigenvalue weighted by atomic mass is 31.2. The average molecular weight is 597 g/mol. The van der Waals surface area contributed by atoms with Gasteiger partial charge in [-0.15, -0.1) is 0 Å². The van der Waals surface area contributed by atoms with E-state index in [-0.39, 0.29) is 31.0 Å². The summed E-state index contributed by atoms with van der Waals surface area (Å²) in [5.74, 6) is -1.92. The zero-order valence-electron chi connectivity index (χ0n) is 22.6. The molecule has 222 valence electrons. The molecule has 0 aliphatic rings. The molecule has 0 radical (unpaired) electrons. The number of fused-ring (bicyclic) bond motifs is 1. The smallest absolute Gasteiger partial charge is 0.447 e. The van der Waals surface area contributed by atoms with Crippen molar-refractivity contribution in [2.75, 3.05) is 39.8 Å². The molecule has 0 spiro atoms. The van der Waals surface area contributed by atoms with Crippen molar-refractivity contribution < 1.29 is 46.3 Å². The number of hydrogen-bond donors (Lipinski definition) is 3. The third-order valence-corrected chi connectivity index (χ3v) is 7.37. The van der Waals surface area contributed by atoms with E-state index in [1.807, 2.05) is 24.3 Å². The zero-order valence-corrected chi connectivity index (χ0v) is 23.5. The number of phosphoric ester groups is 1. The van der Waals surface area contributed by atoms with Crippen LogP contribution >= 0.6 is 7.82 Å². The Kier molecular flexibility index (Phi) is 11.5. The number of nitrogens with one attached hydrogen (secondary N) is 2. The van der Waals surface area contributed by atoms with E-state index >= 15 is 0 Å². The Morgan fingerprint density at radius 3 is 2.49 bits per heavy atom. The van der Waals surface area contributed by atoms with Crippen LogP contribution in [0, 0.1) is 11.6 Å². The largest absolute Gasteiger partial charge is 0.474 e. The molecule has 15 heteroatoms. The van der Waals surface area contributed by atoms with Gasteiger partial charge in [0.2, 0.25) is 0 Å². The summed E-state index contributed by atoms with van der Waals surface area (Å²) in [5.41, 5.74) is -0.0786. The van der Waals surface area contributed by atoms with Crippen LogP contribution < -0.4 is 10.6 Å². The van der Waals surface area contributed by atoms with Gasteiger partial charge in [-0.05, 0) is 23.9 Å². The third kappa shape index (κ3) is 9.17.